The van der Waals surface area contributed by atoms with Crippen LogP contribution in [0.4, 0.5) is 0 Å². The van der Waals surface area contributed by atoms with Crippen LogP contribution < -0.4 is 10.1 Å². The van der Waals surface area contributed by atoms with Crippen LogP contribution in [0.3, 0.4) is 0 Å². The number of carbonyl (C=O) groups excluding carboxylic acids is 1. The van der Waals surface area contributed by atoms with Crippen LogP contribution in [0.2, 0.25) is 0 Å². The number of nitrogens with one attached hydrogen (secondary N) is 1. The maximum atomic E-state index is 14.0. The molecule has 0 radical (unpaired) electrons. The fourth-order valence-corrected chi connectivity index (χ4v) is 6.72. The minimum atomic E-state index is 0.114. The van der Waals surface area contributed by atoms with Gasteiger partial charge in [-0.05, 0) is 47.9 Å². The van der Waals surface area contributed by atoms with Gasteiger partial charge in [-0.25, -0.2) is 0 Å². The van der Waals surface area contributed by atoms with Crippen LogP contribution in [0.25, 0.3) is 10.2 Å². The number of aromatic nitrogens is 1. The fraction of sp³-hybridized carbons (Fsp3) is 0.286. The van der Waals surface area contributed by atoms with Crippen LogP contribution in [-0.2, 0) is 19.6 Å². The number of thiophene rings is 1. The molecular weight excluding hydrogens is 540 g/mol. The highest BCUT2D eigenvalue weighted by molar-refractivity contribution is 7.19. The second-order valence-corrected chi connectivity index (χ2v) is 12.2. The Kier molecular flexibility index (Phi) is 8.70. The molecule has 1 saturated heterocycles. The summed E-state index contributed by atoms with van der Waals surface area (Å²) in [5.74, 6) is 0.946. The number of hydrogen-bond acceptors (Lipinski definition) is 5. The molecule has 0 saturated carbocycles. The zero-order valence-electron chi connectivity index (χ0n) is 24.3. The Labute approximate surface area is 252 Å². The third kappa shape index (κ3) is 6.44. The molecule has 6 rings (SSSR count). The van der Waals surface area contributed by atoms with E-state index >= 15 is 0 Å². The smallest absolute Gasteiger partial charge is 0.270 e. The molecule has 1 fully saturated rings. The summed E-state index contributed by atoms with van der Waals surface area (Å²) in [7, 11) is 1.68. The number of methoxy groups -OCH3 is 1. The Morgan fingerprint density at radius 1 is 0.857 bits per heavy atom. The van der Waals surface area contributed by atoms with Crippen molar-refractivity contribution >= 4 is 27.5 Å². The van der Waals surface area contributed by atoms with Crippen LogP contribution >= 0.6 is 11.3 Å². The van der Waals surface area contributed by atoms with E-state index in [2.05, 4.69) is 101 Å². The summed E-state index contributed by atoms with van der Waals surface area (Å²) in [6.07, 6.45) is 0. The first-order valence-electron chi connectivity index (χ1n) is 14.7. The SMILES string of the molecule is COc1ccc(Cn2c(C(=O)N3CCN(Cc4ccccc4)CC3)cc3sc(CNC(C)c4ccccc4)cc32)cc1. The zero-order chi connectivity index (χ0) is 28.9. The summed E-state index contributed by atoms with van der Waals surface area (Å²) in [5, 5.41) is 3.67. The first-order valence-corrected chi connectivity index (χ1v) is 15.5. The molecule has 5 aromatic rings. The van der Waals surface area contributed by atoms with Gasteiger partial charge in [-0.1, -0.05) is 72.8 Å². The predicted octanol–water partition coefficient (Wildman–Crippen LogP) is 6.57. The lowest BCUT2D eigenvalue weighted by atomic mass is 10.1. The zero-order valence-corrected chi connectivity index (χ0v) is 25.1. The third-order valence-corrected chi connectivity index (χ3v) is 9.22. The molecule has 1 atom stereocenters. The number of benzene rings is 3. The lowest BCUT2D eigenvalue weighted by molar-refractivity contribution is 0.0619. The third-order valence-electron chi connectivity index (χ3n) is 8.15. The maximum absolute atomic E-state index is 14.0. The van der Waals surface area contributed by atoms with Gasteiger partial charge in [0.2, 0.25) is 0 Å². The van der Waals surface area contributed by atoms with Gasteiger partial charge in [-0.2, -0.15) is 0 Å². The van der Waals surface area contributed by atoms with Crippen molar-refractivity contribution in [3.63, 3.8) is 0 Å². The molecule has 1 amide bonds. The van der Waals surface area contributed by atoms with Crippen molar-refractivity contribution in [1.82, 2.24) is 19.7 Å². The van der Waals surface area contributed by atoms with E-state index in [4.69, 9.17) is 4.74 Å². The Morgan fingerprint density at radius 2 is 1.52 bits per heavy atom. The monoisotopic (exact) mass is 578 g/mol. The van der Waals surface area contributed by atoms with Crippen molar-refractivity contribution < 1.29 is 9.53 Å². The van der Waals surface area contributed by atoms with Crippen molar-refractivity contribution in [1.29, 1.82) is 0 Å². The van der Waals surface area contributed by atoms with E-state index in [-0.39, 0.29) is 11.9 Å². The Bertz CT molecular complexity index is 1600. The van der Waals surface area contributed by atoms with Crippen molar-refractivity contribution in [3.05, 3.63) is 124 Å². The highest BCUT2D eigenvalue weighted by atomic mass is 32.1. The van der Waals surface area contributed by atoms with Gasteiger partial charge in [-0.15, -0.1) is 11.3 Å². The topological polar surface area (TPSA) is 49.7 Å². The molecule has 3 heterocycles. The van der Waals surface area contributed by atoms with Crippen LogP contribution in [0.15, 0.2) is 97.1 Å². The van der Waals surface area contributed by atoms with Crippen molar-refractivity contribution in [2.75, 3.05) is 33.3 Å². The maximum Gasteiger partial charge on any atom is 0.270 e. The van der Waals surface area contributed by atoms with Crippen LogP contribution in [0.1, 0.15) is 45.0 Å². The predicted molar refractivity (Wildman–Crippen MR) is 171 cm³/mol. The number of piperazine rings is 1. The summed E-state index contributed by atoms with van der Waals surface area (Å²) in [4.78, 5) is 19.7. The number of ether oxygens (including phenoxy) is 1. The van der Waals surface area contributed by atoms with Crippen molar-refractivity contribution in [2.45, 2.75) is 32.6 Å². The number of amides is 1. The van der Waals surface area contributed by atoms with Gasteiger partial charge in [0.05, 0.1) is 17.3 Å². The molecule has 0 bridgehead atoms. The summed E-state index contributed by atoms with van der Waals surface area (Å²) in [6, 6.07) is 33.8. The van der Waals surface area contributed by atoms with E-state index in [1.165, 1.54) is 16.0 Å². The lowest BCUT2D eigenvalue weighted by Gasteiger charge is -2.35. The van der Waals surface area contributed by atoms with Crippen molar-refractivity contribution in [2.24, 2.45) is 0 Å². The van der Waals surface area contributed by atoms with Crippen LogP contribution in [0, 0.1) is 0 Å². The van der Waals surface area contributed by atoms with Gasteiger partial charge >= 0.3 is 0 Å². The molecule has 1 aliphatic rings. The molecule has 2 aromatic heterocycles. The van der Waals surface area contributed by atoms with Crippen LogP contribution in [0.5, 0.6) is 5.75 Å². The second kappa shape index (κ2) is 12.9. The van der Waals surface area contributed by atoms with E-state index in [0.717, 1.165) is 66.5 Å². The van der Waals surface area contributed by atoms with Gasteiger partial charge in [0.1, 0.15) is 11.4 Å². The van der Waals surface area contributed by atoms with Gasteiger partial charge in [0.25, 0.3) is 5.91 Å². The molecule has 3 aromatic carbocycles. The number of fused-ring (bicyclic) bond motifs is 1. The van der Waals surface area contributed by atoms with Crippen LogP contribution in [-0.4, -0.2) is 53.6 Å². The number of nitrogens with zero attached hydrogens (tertiary/aromatic N) is 3. The first kappa shape index (κ1) is 28.2. The summed E-state index contributed by atoms with van der Waals surface area (Å²) < 4.78 is 8.72. The second-order valence-electron chi connectivity index (χ2n) is 11.0. The minimum absolute atomic E-state index is 0.114. The Balaban J connectivity index is 1.20. The minimum Gasteiger partial charge on any atom is -0.497 e. The molecule has 1 unspecified atom stereocenters. The van der Waals surface area contributed by atoms with Gasteiger partial charge in [-0.3, -0.25) is 9.69 Å². The quantitative estimate of drug-likeness (QED) is 0.204. The Hall–Kier alpha value is -3.91. The molecule has 6 nitrogen and oxygen atoms in total. The van der Waals surface area contributed by atoms with E-state index in [1.54, 1.807) is 18.4 Å². The van der Waals surface area contributed by atoms with E-state index < -0.39 is 0 Å². The molecule has 1 N–H and O–H groups in total. The van der Waals surface area contributed by atoms with Gasteiger partial charge in [0, 0.05) is 56.7 Å². The fourth-order valence-electron chi connectivity index (χ4n) is 5.67. The molecular formula is C35H38N4O2S. The highest BCUT2D eigenvalue weighted by Gasteiger charge is 2.26. The molecule has 1 aliphatic heterocycles. The molecule has 216 valence electrons. The van der Waals surface area contributed by atoms with Gasteiger partial charge in [0.15, 0.2) is 0 Å². The molecule has 42 heavy (non-hydrogen) atoms. The standard InChI is InChI=1S/C35H38N4O2S/c1-26(29-11-7-4-8-12-29)36-23-31-21-32-34(42-31)22-33(39(32)25-28-13-15-30(41-2)16-14-28)35(40)38-19-17-37(18-20-38)24-27-9-5-3-6-10-27/h3-16,21-22,26,36H,17-20,23-25H2,1-2H3. The first-order chi connectivity index (χ1) is 20.6. The van der Waals surface area contributed by atoms with Gasteiger partial charge < -0.3 is 19.5 Å². The average Bonchev–Trinajstić information content (AvgIpc) is 3.59. The molecule has 0 spiro atoms. The van der Waals surface area contributed by atoms with E-state index in [9.17, 15) is 4.79 Å². The number of carbonyl (C=O) groups is 1. The number of rotatable bonds is 10. The summed E-state index contributed by atoms with van der Waals surface area (Å²) in [6.45, 7) is 7.76. The largest absolute Gasteiger partial charge is 0.497 e. The van der Waals surface area contributed by atoms with E-state index in [1.807, 2.05) is 23.1 Å². The van der Waals surface area contributed by atoms with Crippen molar-refractivity contribution in [3.8, 4) is 5.75 Å². The summed E-state index contributed by atoms with van der Waals surface area (Å²) >= 11 is 1.77. The normalized spacial score (nSPS) is 14.8. The molecule has 0 aliphatic carbocycles. The van der Waals surface area contributed by atoms with E-state index in [0.29, 0.717) is 6.54 Å². The molecule has 7 heteroatoms. The summed E-state index contributed by atoms with van der Waals surface area (Å²) in [5.41, 5.74) is 5.61. The lowest BCUT2D eigenvalue weighted by Crippen LogP contribution is -2.48. The number of hydrogen-bond donors (Lipinski definition) is 1. The average molecular weight is 579 g/mol. The Morgan fingerprint density at radius 3 is 2.21 bits per heavy atom. The highest BCUT2D eigenvalue weighted by Crippen LogP contribution is 2.31.